The summed E-state index contributed by atoms with van der Waals surface area (Å²) in [5.41, 5.74) is 0. The Morgan fingerprint density at radius 3 is 0.826 bits per heavy atom. The lowest BCUT2D eigenvalue weighted by Crippen LogP contribution is -2.00. The predicted molar refractivity (Wildman–Crippen MR) is 189 cm³/mol. The molecule has 0 atom stereocenters. The van der Waals surface area contributed by atoms with Crippen molar-refractivity contribution < 1.29 is 29.2 Å². The van der Waals surface area contributed by atoms with Gasteiger partial charge in [-0.2, -0.15) is 0 Å². The first-order chi connectivity index (χ1) is 22.8. The number of hydrogen-bond acceptors (Lipinski definition) is 6. The van der Waals surface area contributed by atoms with Crippen molar-refractivity contribution in [3.05, 3.63) is 60.7 Å². The van der Waals surface area contributed by atoms with Gasteiger partial charge >= 0.3 is 0 Å². The predicted octanol–water partition coefficient (Wildman–Crippen LogP) is 11.2. The van der Waals surface area contributed by atoms with Gasteiger partial charge < -0.3 is 29.2 Å². The van der Waals surface area contributed by atoms with E-state index in [0.29, 0.717) is 49.4 Å². The van der Waals surface area contributed by atoms with Crippen molar-refractivity contribution in [2.75, 3.05) is 26.4 Å². The van der Waals surface area contributed by atoms with Crippen molar-refractivity contribution in [2.45, 2.75) is 128 Å². The topological polar surface area (TPSA) is 77.4 Å². The van der Waals surface area contributed by atoms with Crippen LogP contribution < -0.4 is 18.9 Å². The SMILES string of the molecule is Oc1c2cccc1OCCCCCC/C=C\CCCCCCOc1cccc(c1O)OCCCCCC/C=C\CCCCCCO2. The minimum Gasteiger partial charge on any atom is -0.502 e. The van der Waals surface area contributed by atoms with Crippen LogP contribution in [0.1, 0.15) is 128 Å². The Morgan fingerprint density at radius 2 is 0.565 bits per heavy atom. The first-order valence-electron chi connectivity index (χ1n) is 18.2. The molecule has 0 saturated carbocycles. The van der Waals surface area contributed by atoms with Gasteiger partial charge in [-0.25, -0.2) is 0 Å². The fourth-order valence-corrected chi connectivity index (χ4v) is 5.54. The van der Waals surface area contributed by atoms with E-state index in [9.17, 15) is 10.2 Å². The molecule has 3 rings (SSSR count). The summed E-state index contributed by atoms with van der Waals surface area (Å²) < 4.78 is 23.5. The molecule has 0 amide bonds. The van der Waals surface area contributed by atoms with Gasteiger partial charge in [0.15, 0.2) is 23.0 Å². The third-order valence-electron chi connectivity index (χ3n) is 8.35. The summed E-state index contributed by atoms with van der Waals surface area (Å²) in [6.45, 7) is 2.42. The van der Waals surface area contributed by atoms with Crippen LogP contribution in [0, 0.1) is 0 Å². The van der Waals surface area contributed by atoms with Crippen LogP contribution >= 0.6 is 0 Å². The van der Waals surface area contributed by atoms with Crippen LogP contribution in [0.5, 0.6) is 34.5 Å². The molecule has 0 fully saturated rings. The van der Waals surface area contributed by atoms with Gasteiger partial charge in [-0.15, -0.1) is 0 Å². The van der Waals surface area contributed by atoms with Crippen LogP contribution in [-0.4, -0.2) is 36.6 Å². The quantitative estimate of drug-likeness (QED) is 0.280. The summed E-state index contributed by atoms with van der Waals surface area (Å²) in [5, 5.41) is 21.2. The Balaban J connectivity index is 1.37. The molecule has 256 valence electrons. The molecule has 1 aliphatic rings. The summed E-state index contributed by atoms with van der Waals surface area (Å²) >= 11 is 0. The van der Waals surface area contributed by atoms with Crippen LogP contribution in [0.3, 0.4) is 0 Å². The van der Waals surface area contributed by atoms with Gasteiger partial charge in [0, 0.05) is 0 Å². The van der Waals surface area contributed by atoms with Crippen LogP contribution in [-0.2, 0) is 0 Å². The summed E-state index contributed by atoms with van der Waals surface area (Å²) in [7, 11) is 0. The molecule has 46 heavy (non-hydrogen) atoms. The molecule has 0 unspecified atom stereocenters. The maximum absolute atomic E-state index is 10.6. The summed E-state index contributed by atoms with van der Waals surface area (Å²) in [4.78, 5) is 0. The first kappa shape index (κ1) is 37.2. The lowest BCUT2D eigenvalue weighted by Gasteiger charge is -2.12. The number of fused-ring (bicyclic) bond motifs is 4. The highest BCUT2D eigenvalue weighted by atomic mass is 16.5. The van der Waals surface area contributed by atoms with E-state index in [2.05, 4.69) is 24.3 Å². The molecular formula is C40H60O6. The maximum Gasteiger partial charge on any atom is 0.200 e. The van der Waals surface area contributed by atoms with E-state index in [1.165, 1.54) is 51.4 Å². The Morgan fingerprint density at radius 1 is 0.326 bits per heavy atom. The number of allylic oxidation sites excluding steroid dienone is 4. The largest absolute Gasteiger partial charge is 0.502 e. The van der Waals surface area contributed by atoms with Gasteiger partial charge in [0.1, 0.15) is 0 Å². The monoisotopic (exact) mass is 636 g/mol. The van der Waals surface area contributed by atoms with Crippen LogP contribution in [0.25, 0.3) is 0 Å². The van der Waals surface area contributed by atoms with E-state index in [1.807, 2.05) is 36.4 Å². The van der Waals surface area contributed by atoms with Gasteiger partial charge in [-0.1, -0.05) is 87.8 Å². The van der Waals surface area contributed by atoms with Crippen molar-refractivity contribution in [2.24, 2.45) is 0 Å². The first-order valence-corrected chi connectivity index (χ1v) is 18.2. The molecule has 6 nitrogen and oxygen atoms in total. The molecule has 0 aromatic heterocycles. The second kappa shape index (κ2) is 24.9. The highest BCUT2D eigenvalue weighted by Gasteiger charge is 2.10. The zero-order valence-corrected chi connectivity index (χ0v) is 28.3. The third kappa shape index (κ3) is 16.3. The Kier molecular flexibility index (Phi) is 20.1. The van der Waals surface area contributed by atoms with Gasteiger partial charge in [-0.05, 0) is 101 Å². The summed E-state index contributed by atoms with van der Waals surface area (Å²) in [6.07, 6.45) is 31.7. The average Bonchev–Trinajstić information content (AvgIpc) is 3.06. The molecule has 4 bridgehead atoms. The normalized spacial score (nSPS) is 20.2. The Bertz CT molecular complexity index is 947. The average molecular weight is 637 g/mol. The van der Waals surface area contributed by atoms with Gasteiger partial charge in [-0.3, -0.25) is 0 Å². The summed E-state index contributed by atoms with van der Waals surface area (Å²) in [5.74, 6) is 2.27. The maximum atomic E-state index is 10.6. The molecule has 0 saturated heterocycles. The fourth-order valence-electron chi connectivity index (χ4n) is 5.54. The van der Waals surface area contributed by atoms with Crippen molar-refractivity contribution in [3.63, 3.8) is 0 Å². The highest BCUT2D eigenvalue weighted by molar-refractivity contribution is 5.50. The van der Waals surface area contributed by atoms with E-state index >= 15 is 0 Å². The van der Waals surface area contributed by atoms with E-state index in [4.69, 9.17) is 18.9 Å². The van der Waals surface area contributed by atoms with Gasteiger partial charge in [0.05, 0.1) is 26.4 Å². The Hall–Kier alpha value is -3.28. The smallest absolute Gasteiger partial charge is 0.200 e. The molecule has 6 heteroatoms. The zero-order chi connectivity index (χ0) is 32.3. The van der Waals surface area contributed by atoms with Crippen molar-refractivity contribution in [3.8, 4) is 34.5 Å². The van der Waals surface area contributed by atoms with Gasteiger partial charge in [0.25, 0.3) is 0 Å². The molecular weight excluding hydrogens is 576 g/mol. The number of phenols is 2. The minimum absolute atomic E-state index is 0.115. The number of hydrogen-bond donors (Lipinski definition) is 2. The van der Waals surface area contributed by atoms with Crippen molar-refractivity contribution in [1.29, 1.82) is 0 Å². The minimum atomic E-state index is 0.115. The van der Waals surface area contributed by atoms with Crippen molar-refractivity contribution >= 4 is 0 Å². The van der Waals surface area contributed by atoms with Gasteiger partial charge in [0.2, 0.25) is 11.5 Å². The highest BCUT2D eigenvalue weighted by Crippen LogP contribution is 2.37. The van der Waals surface area contributed by atoms with Crippen molar-refractivity contribution in [1.82, 2.24) is 0 Å². The standard InChI is InChI=1S/C40H60O6/c41-39-35-27-25-29-37(39)45-33-23-19-15-11-7-3-4-8-12-16-20-24-34-46-38-30-26-28-36(40(38)42)44-32-22-18-14-10-6-2-1-5-9-13-17-21-31-43-35/h1-4,25-30,41-42H,5-24,31-34H2/b2-1-,4-3-. The van der Waals surface area contributed by atoms with Crippen LogP contribution in [0.2, 0.25) is 0 Å². The number of para-hydroxylation sites is 2. The van der Waals surface area contributed by atoms with Crippen LogP contribution in [0.4, 0.5) is 0 Å². The zero-order valence-electron chi connectivity index (χ0n) is 28.3. The Labute approximate surface area is 278 Å². The van der Waals surface area contributed by atoms with Crippen LogP contribution in [0.15, 0.2) is 60.7 Å². The van der Waals surface area contributed by atoms with E-state index in [1.54, 1.807) is 0 Å². The molecule has 0 radical (unpaired) electrons. The lowest BCUT2D eigenvalue weighted by atomic mass is 10.1. The molecule has 0 spiro atoms. The second-order valence-electron chi connectivity index (χ2n) is 12.4. The molecule has 1 aliphatic heterocycles. The second-order valence-corrected chi connectivity index (χ2v) is 12.4. The molecule has 1 heterocycles. The van der Waals surface area contributed by atoms with E-state index < -0.39 is 0 Å². The number of rotatable bonds is 0. The summed E-state index contributed by atoms with van der Waals surface area (Å²) in [6, 6.07) is 11.0. The third-order valence-corrected chi connectivity index (χ3v) is 8.35. The number of benzene rings is 2. The lowest BCUT2D eigenvalue weighted by molar-refractivity contribution is 0.264. The molecule has 2 aromatic rings. The van der Waals surface area contributed by atoms with E-state index in [-0.39, 0.29) is 11.5 Å². The molecule has 0 aliphatic carbocycles. The van der Waals surface area contributed by atoms with E-state index in [0.717, 1.165) is 77.0 Å². The number of ether oxygens (including phenoxy) is 4. The fraction of sp³-hybridized carbons (Fsp3) is 0.600. The number of phenolic OH excluding ortho intramolecular Hbond substituents is 2. The molecule has 2 N–H and O–H groups in total. The molecule has 2 aromatic carbocycles. The number of aromatic hydroxyl groups is 2.